The number of halogens is 1. The number of hydrogen-bond donors (Lipinski definition) is 1. The van der Waals surface area contributed by atoms with Gasteiger partial charge >= 0.3 is 0 Å². The van der Waals surface area contributed by atoms with Gasteiger partial charge in [-0.2, -0.15) is 0 Å². The predicted octanol–water partition coefficient (Wildman–Crippen LogP) is 1.94. The Hall–Kier alpha value is -1.23. The van der Waals surface area contributed by atoms with Crippen molar-refractivity contribution < 1.29 is 0 Å². The number of hydrogen-bond acceptors (Lipinski definition) is 1. The largest absolute Gasteiger partial charge is 0.353 e. The van der Waals surface area contributed by atoms with Gasteiger partial charge < -0.3 is 14.8 Å². The monoisotopic (exact) mass is 298 g/mol. The summed E-state index contributed by atoms with van der Waals surface area (Å²) in [7, 11) is 5.83. The minimum absolute atomic E-state index is 0.671. The molecule has 0 aromatic carbocycles. The van der Waals surface area contributed by atoms with Crippen LogP contribution < -0.4 is 5.32 Å². The summed E-state index contributed by atoms with van der Waals surface area (Å²) in [6.07, 6.45) is 2.04. The molecule has 0 aliphatic heterocycles. The molecule has 1 aromatic rings. The molecule has 0 fully saturated rings. The topological polar surface area (TPSA) is 32.6 Å². The average molecular weight is 299 g/mol. The van der Waals surface area contributed by atoms with Crippen molar-refractivity contribution in [3.8, 4) is 0 Å². The van der Waals surface area contributed by atoms with Crippen LogP contribution in [0, 0.1) is 0 Å². The number of aryl methyl sites for hydroxylation is 1. The highest BCUT2D eigenvalue weighted by molar-refractivity contribution is 9.11. The van der Waals surface area contributed by atoms with E-state index < -0.39 is 0 Å². The van der Waals surface area contributed by atoms with Gasteiger partial charge in [0, 0.05) is 44.1 Å². The lowest BCUT2D eigenvalue weighted by Crippen LogP contribution is -2.39. The Labute approximate surface area is 111 Å². The third-order valence-corrected chi connectivity index (χ3v) is 2.74. The van der Waals surface area contributed by atoms with Crippen molar-refractivity contribution in [2.24, 2.45) is 12.0 Å². The molecule has 94 valence electrons. The van der Waals surface area contributed by atoms with Crippen LogP contribution in [0.3, 0.4) is 0 Å². The van der Waals surface area contributed by atoms with Gasteiger partial charge in [0.15, 0.2) is 5.96 Å². The first-order valence-electron chi connectivity index (χ1n) is 5.40. The van der Waals surface area contributed by atoms with Crippen LogP contribution in [0.5, 0.6) is 0 Å². The average Bonchev–Trinajstić information content (AvgIpc) is 2.65. The van der Waals surface area contributed by atoms with Gasteiger partial charge in [-0.25, -0.2) is 0 Å². The Morgan fingerprint density at radius 1 is 1.65 bits per heavy atom. The summed E-state index contributed by atoms with van der Waals surface area (Å²) in [5, 5.41) is 3.22. The molecular formula is C12H19BrN4. The van der Waals surface area contributed by atoms with Crippen molar-refractivity contribution in [3.05, 3.63) is 35.1 Å². The van der Waals surface area contributed by atoms with E-state index in [1.165, 1.54) is 5.69 Å². The summed E-state index contributed by atoms with van der Waals surface area (Å²) >= 11 is 3.32. The van der Waals surface area contributed by atoms with Crippen LogP contribution in [-0.2, 0) is 13.6 Å². The summed E-state index contributed by atoms with van der Waals surface area (Å²) in [5.41, 5.74) is 1.24. The lowest BCUT2D eigenvalue weighted by atomic mass is 10.4. The summed E-state index contributed by atoms with van der Waals surface area (Å²) in [6, 6.07) is 4.15. The third kappa shape index (κ3) is 4.26. The Morgan fingerprint density at radius 2 is 2.35 bits per heavy atom. The van der Waals surface area contributed by atoms with Crippen LogP contribution in [0.1, 0.15) is 5.69 Å². The van der Waals surface area contributed by atoms with Gasteiger partial charge in [0.1, 0.15) is 0 Å². The minimum Gasteiger partial charge on any atom is -0.353 e. The normalized spacial score (nSPS) is 11.4. The molecule has 0 aliphatic rings. The van der Waals surface area contributed by atoms with Crippen molar-refractivity contribution in [2.45, 2.75) is 6.54 Å². The highest BCUT2D eigenvalue weighted by Crippen LogP contribution is 2.04. The van der Waals surface area contributed by atoms with E-state index in [4.69, 9.17) is 0 Å². The molecule has 0 saturated carbocycles. The molecule has 0 saturated heterocycles. The summed E-state index contributed by atoms with van der Waals surface area (Å²) in [4.78, 5) is 6.31. The number of aromatic nitrogens is 1. The fourth-order valence-corrected chi connectivity index (χ4v) is 1.68. The van der Waals surface area contributed by atoms with E-state index in [0.717, 1.165) is 17.0 Å². The number of nitrogens with zero attached hydrogens (tertiary/aromatic N) is 3. The lowest BCUT2D eigenvalue weighted by Gasteiger charge is -2.22. The lowest BCUT2D eigenvalue weighted by molar-refractivity contribution is 0.465. The molecule has 1 rings (SSSR count). The second-order valence-corrected chi connectivity index (χ2v) is 5.01. The van der Waals surface area contributed by atoms with Crippen molar-refractivity contribution in [2.75, 3.05) is 20.6 Å². The van der Waals surface area contributed by atoms with Crippen LogP contribution in [0.25, 0.3) is 0 Å². The van der Waals surface area contributed by atoms with E-state index in [0.29, 0.717) is 6.54 Å². The molecule has 17 heavy (non-hydrogen) atoms. The van der Waals surface area contributed by atoms with Crippen LogP contribution in [0.4, 0.5) is 0 Å². The molecule has 5 heteroatoms. The molecule has 0 radical (unpaired) electrons. The van der Waals surface area contributed by atoms with Crippen LogP contribution in [0.2, 0.25) is 0 Å². The fourth-order valence-electron chi connectivity index (χ4n) is 1.54. The fraction of sp³-hybridized carbons (Fsp3) is 0.417. The molecular weight excluding hydrogens is 280 g/mol. The smallest absolute Gasteiger partial charge is 0.194 e. The van der Waals surface area contributed by atoms with E-state index in [2.05, 4.69) is 48.4 Å². The predicted molar refractivity (Wildman–Crippen MR) is 76.3 cm³/mol. The zero-order chi connectivity index (χ0) is 12.8. The van der Waals surface area contributed by atoms with Crippen LogP contribution in [-0.4, -0.2) is 36.1 Å². The van der Waals surface area contributed by atoms with Crippen molar-refractivity contribution in [3.63, 3.8) is 0 Å². The molecule has 0 atom stereocenters. The van der Waals surface area contributed by atoms with Gasteiger partial charge in [0.2, 0.25) is 0 Å². The number of aliphatic imine (C=N–C) groups is 1. The molecule has 1 aromatic heterocycles. The first-order chi connectivity index (χ1) is 8.04. The molecule has 1 N–H and O–H groups in total. The Balaban J connectivity index is 2.58. The first kappa shape index (κ1) is 13.8. The Morgan fingerprint density at radius 3 is 2.82 bits per heavy atom. The number of rotatable bonds is 4. The summed E-state index contributed by atoms with van der Waals surface area (Å²) in [5.74, 6) is 0.854. The van der Waals surface area contributed by atoms with E-state index in [-0.39, 0.29) is 0 Å². The molecule has 0 aliphatic carbocycles. The zero-order valence-corrected chi connectivity index (χ0v) is 12.2. The van der Waals surface area contributed by atoms with E-state index in [1.54, 1.807) is 7.05 Å². The molecule has 0 amide bonds. The third-order valence-electron chi connectivity index (χ3n) is 2.46. The van der Waals surface area contributed by atoms with Gasteiger partial charge in [-0.05, 0) is 12.1 Å². The maximum absolute atomic E-state index is 4.23. The van der Waals surface area contributed by atoms with E-state index in [9.17, 15) is 0 Å². The molecule has 0 spiro atoms. The van der Waals surface area contributed by atoms with Crippen LogP contribution >= 0.6 is 15.9 Å². The van der Waals surface area contributed by atoms with Gasteiger partial charge in [-0.3, -0.25) is 4.99 Å². The Kier molecular flexibility index (Phi) is 5.28. The quantitative estimate of drug-likeness (QED) is 0.681. The zero-order valence-electron chi connectivity index (χ0n) is 10.6. The number of guanidine groups is 1. The van der Waals surface area contributed by atoms with E-state index >= 15 is 0 Å². The van der Waals surface area contributed by atoms with Crippen LogP contribution in [0.15, 0.2) is 34.4 Å². The summed E-state index contributed by atoms with van der Waals surface area (Å²) in [6.45, 7) is 5.28. The van der Waals surface area contributed by atoms with E-state index in [1.807, 2.05) is 26.4 Å². The highest BCUT2D eigenvalue weighted by Gasteiger charge is 2.07. The molecule has 0 bridgehead atoms. The van der Waals surface area contributed by atoms with Crippen molar-refractivity contribution in [1.29, 1.82) is 0 Å². The highest BCUT2D eigenvalue weighted by atomic mass is 79.9. The first-order valence-corrected chi connectivity index (χ1v) is 6.19. The minimum atomic E-state index is 0.671. The summed E-state index contributed by atoms with van der Waals surface area (Å²) < 4.78 is 3.01. The van der Waals surface area contributed by atoms with Crippen molar-refractivity contribution in [1.82, 2.24) is 14.8 Å². The second kappa shape index (κ2) is 6.49. The molecule has 1 heterocycles. The molecule has 4 nitrogen and oxygen atoms in total. The van der Waals surface area contributed by atoms with Gasteiger partial charge in [-0.15, -0.1) is 0 Å². The standard InChI is InChI=1S/C12H19BrN4/c1-10(13)8-15-12(14-2)17(4)9-11-6-5-7-16(11)3/h5-7H,1,8-9H2,2-4H3,(H,14,15). The van der Waals surface area contributed by atoms with Crippen molar-refractivity contribution >= 4 is 21.9 Å². The maximum Gasteiger partial charge on any atom is 0.194 e. The number of nitrogens with one attached hydrogen (secondary N) is 1. The molecule has 0 unspecified atom stereocenters. The van der Waals surface area contributed by atoms with Gasteiger partial charge in [-0.1, -0.05) is 22.5 Å². The van der Waals surface area contributed by atoms with Gasteiger partial charge in [0.25, 0.3) is 0 Å². The van der Waals surface area contributed by atoms with Gasteiger partial charge in [0.05, 0.1) is 6.54 Å². The maximum atomic E-state index is 4.23. The SMILES string of the molecule is C=C(Br)CNC(=NC)N(C)Cc1cccn1C. The Bertz CT molecular complexity index is 408. The second-order valence-electron chi connectivity index (χ2n) is 3.88.